The predicted molar refractivity (Wildman–Crippen MR) is 87.6 cm³/mol. The largest absolute Gasteiger partial charge is 0.448 e. The second-order valence-corrected chi connectivity index (χ2v) is 5.61. The molecule has 0 bridgehead atoms. The molecular weight excluding hydrogens is 350 g/mol. The van der Waals surface area contributed by atoms with Crippen molar-refractivity contribution in [2.75, 3.05) is 19.4 Å². The molecule has 0 spiro atoms. The molecule has 0 radical (unpaired) electrons. The zero-order valence-corrected chi connectivity index (χ0v) is 13.4. The van der Waals surface area contributed by atoms with Crippen LogP contribution in [0.15, 0.2) is 28.9 Å². The van der Waals surface area contributed by atoms with E-state index in [1.165, 1.54) is 7.05 Å². The highest BCUT2D eigenvalue weighted by molar-refractivity contribution is 9.10. The van der Waals surface area contributed by atoms with E-state index in [0.29, 0.717) is 17.9 Å². The van der Waals surface area contributed by atoms with Crippen molar-refractivity contribution in [1.82, 2.24) is 20.1 Å². The van der Waals surface area contributed by atoms with Crippen LogP contribution in [0, 0.1) is 0 Å². The number of nitrogens with zero attached hydrogens (tertiary/aromatic N) is 3. The first-order chi connectivity index (χ1) is 10.6. The lowest BCUT2D eigenvalue weighted by atomic mass is 10.1. The van der Waals surface area contributed by atoms with Crippen LogP contribution in [0.1, 0.15) is 0 Å². The second-order valence-electron chi connectivity index (χ2n) is 4.70. The highest BCUT2D eigenvalue weighted by Crippen LogP contribution is 2.28. The Hall–Kier alpha value is -2.35. The number of nitrogen functional groups attached to an aromatic ring is 1. The van der Waals surface area contributed by atoms with Gasteiger partial charge in [-0.2, -0.15) is 5.10 Å². The van der Waals surface area contributed by atoms with Crippen LogP contribution in [0.4, 0.5) is 10.6 Å². The molecule has 3 N–H and O–H groups in total. The third kappa shape index (κ3) is 2.69. The summed E-state index contributed by atoms with van der Waals surface area (Å²) in [5.74, 6) is 0.381. The molecule has 0 aliphatic carbocycles. The maximum absolute atomic E-state index is 11.0. The number of ether oxygens (including phenoxy) is 1. The van der Waals surface area contributed by atoms with Gasteiger partial charge in [0.15, 0.2) is 5.82 Å². The number of alkyl carbamates (subject to hydrolysis) is 1. The Bertz CT molecular complexity index is 861. The first-order valence-corrected chi connectivity index (χ1v) is 7.44. The van der Waals surface area contributed by atoms with Gasteiger partial charge in [-0.15, -0.1) is 0 Å². The molecule has 0 aliphatic rings. The summed E-state index contributed by atoms with van der Waals surface area (Å²) in [5, 5.41) is 8.71. The number of hydrogen-bond acceptors (Lipinski definition) is 5. The molecule has 22 heavy (non-hydrogen) atoms. The molecule has 114 valence electrons. The number of carbonyl (C=O) groups is 1. The molecule has 1 amide bonds. The van der Waals surface area contributed by atoms with Crippen LogP contribution in [0.3, 0.4) is 0 Å². The Kier molecular flexibility index (Phi) is 3.84. The summed E-state index contributed by atoms with van der Waals surface area (Å²) in [6.45, 7) is 0.671. The lowest BCUT2D eigenvalue weighted by molar-refractivity contribution is 0.143. The number of nitrogens with two attached hydrogens (primary N) is 1. The molecule has 3 aromatic rings. The van der Waals surface area contributed by atoms with Gasteiger partial charge in [0.1, 0.15) is 12.1 Å². The molecule has 2 heterocycles. The third-order valence-electron chi connectivity index (χ3n) is 3.25. The van der Waals surface area contributed by atoms with Gasteiger partial charge in [0, 0.05) is 28.5 Å². The maximum atomic E-state index is 11.0. The van der Waals surface area contributed by atoms with E-state index in [0.717, 1.165) is 20.8 Å². The monoisotopic (exact) mass is 363 g/mol. The van der Waals surface area contributed by atoms with E-state index >= 15 is 0 Å². The summed E-state index contributed by atoms with van der Waals surface area (Å²) in [6, 6.07) is 5.84. The van der Waals surface area contributed by atoms with Crippen molar-refractivity contribution < 1.29 is 9.53 Å². The number of aromatic nitrogens is 3. The molecule has 7 nitrogen and oxygen atoms in total. The number of carbonyl (C=O) groups excluding carboxylic acids is 1. The molecular formula is C14H14BrN5O2. The van der Waals surface area contributed by atoms with E-state index < -0.39 is 6.09 Å². The lowest BCUT2D eigenvalue weighted by Crippen LogP contribution is -2.21. The van der Waals surface area contributed by atoms with E-state index in [2.05, 4.69) is 31.3 Å². The van der Waals surface area contributed by atoms with Gasteiger partial charge in [-0.05, 0) is 12.1 Å². The van der Waals surface area contributed by atoms with Crippen LogP contribution in [0.25, 0.3) is 21.8 Å². The van der Waals surface area contributed by atoms with Gasteiger partial charge in [-0.3, -0.25) is 4.68 Å². The van der Waals surface area contributed by atoms with Crippen LogP contribution >= 0.6 is 15.9 Å². The van der Waals surface area contributed by atoms with E-state index in [-0.39, 0.29) is 6.61 Å². The smallest absolute Gasteiger partial charge is 0.406 e. The minimum absolute atomic E-state index is 0.227. The number of nitrogens with one attached hydrogen (secondary N) is 1. The van der Waals surface area contributed by atoms with Gasteiger partial charge in [0.2, 0.25) is 0 Å². The topological polar surface area (TPSA) is 95.1 Å². The van der Waals surface area contributed by atoms with Gasteiger partial charge >= 0.3 is 6.09 Å². The Balaban J connectivity index is 1.96. The van der Waals surface area contributed by atoms with Crippen LogP contribution < -0.4 is 11.1 Å². The Morgan fingerprint density at radius 3 is 3.05 bits per heavy atom. The molecule has 0 saturated heterocycles. The van der Waals surface area contributed by atoms with E-state index in [9.17, 15) is 4.79 Å². The summed E-state index contributed by atoms with van der Waals surface area (Å²) < 4.78 is 7.60. The van der Waals surface area contributed by atoms with E-state index in [4.69, 9.17) is 10.5 Å². The molecule has 8 heteroatoms. The number of amides is 1. The number of fused-ring (bicyclic) bond motifs is 3. The van der Waals surface area contributed by atoms with Crippen molar-refractivity contribution in [2.24, 2.45) is 0 Å². The molecule has 0 unspecified atom stereocenters. The Morgan fingerprint density at radius 2 is 2.27 bits per heavy atom. The second kappa shape index (κ2) is 5.80. The van der Waals surface area contributed by atoms with E-state index in [1.54, 1.807) is 4.68 Å². The van der Waals surface area contributed by atoms with Gasteiger partial charge in [-0.25, -0.2) is 9.78 Å². The number of rotatable bonds is 3. The summed E-state index contributed by atoms with van der Waals surface area (Å²) in [6.07, 6.45) is 1.42. The highest BCUT2D eigenvalue weighted by atomic mass is 79.9. The third-order valence-corrected chi connectivity index (χ3v) is 3.75. The summed E-state index contributed by atoms with van der Waals surface area (Å²) in [5.41, 5.74) is 7.44. The number of benzene rings is 1. The molecule has 3 rings (SSSR count). The van der Waals surface area contributed by atoms with Crippen LogP contribution in [-0.4, -0.2) is 34.5 Å². The minimum Gasteiger partial charge on any atom is -0.448 e. The maximum Gasteiger partial charge on any atom is 0.406 e. The van der Waals surface area contributed by atoms with Crippen molar-refractivity contribution >= 4 is 49.6 Å². The van der Waals surface area contributed by atoms with Crippen molar-refractivity contribution in [3.63, 3.8) is 0 Å². The fourth-order valence-electron chi connectivity index (χ4n) is 2.23. The number of hydrogen-bond donors (Lipinski definition) is 2. The average molecular weight is 364 g/mol. The quantitative estimate of drug-likeness (QED) is 0.744. The summed E-state index contributed by atoms with van der Waals surface area (Å²) >= 11 is 3.42. The van der Waals surface area contributed by atoms with E-state index in [1.807, 2.05) is 24.4 Å². The molecule has 0 saturated carbocycles. The number of halogens is 1. The fraction of sp³-hybridized carbons (Fsp3) is 0.214. The van der Waals surface area contributed by atoms with Crippen LogP contribution in [0.5, 0.6) is 0 Å². The fourth-order valence-corrected chi connectivity index (χ4v) is 2.58. The summed E-state index contributed by atoms with van der Waals surface area (Å²) in [7, 11) is 1.52. The van der Waals surface area contributed by atoms with Crippen molar-refractivity contribution in [3.8, 4) is 0 Å². The summed E-state index contributed by atoms with van der Waals surface area (Å²) in [4.78, 5) is 15.4. The average Bonchev–Trinajstić information content (AvgIpc) is 2.91. The normalized spacial score (nSPS) is 11.0. The predicted octanol–water partition coefficient (Wildman–Crippen LogP) is 2.29. The number of anilines is 1. The standard InChI is InChI=1S/C14H14BrN5O2/c1-17-14(21)22-5-4-20-7-10-9-3-2-8(15)6-11(9)18-13(16)12(10)19-20/h2-3,6-7H,4-5H2,1H3,(H2,16,18)(H,17,21). The Morgan fingerprint density at radius 1 is 1.45 bits per heavy atom. The molecule has 0 atom stereocenters. The first kappa shape index (κ1) is 14.6. The SMILES string of the molecule is CNC(=O)OCCn1cc2c(n1)c(N)nc1cc(Br)ccc12. The minimum atomic E-state index is -0.465. The first-order valence-electron chi connectivity index (χ1n) is 6.65. The van der Waals surface area contributed by atoms with Crippen molar-refractivity contribution in [2.45, 2.75) is 6.54 Å². The molecule has 1 aromatic carbocycles. The lowest BCUT2D eigenvalue weighted by Gasteiger charge is -2.03. The van der Waals surface area contributed by atoms with Gasteiger partial charge in [0.25, 0.3) is 0 Å². The van der Waals surface area contributed by atoms with Gasteiger partial charge < -0.3 is 15.8 Å². The van der Waals surface area contributed by atoms with Crippen molar-refractivity contribution in [3.05, 3.63) is 28.9 Å². The highest BCUT2D eigenvalue weighted by Gasteiger charge is 2.11. The van der Waals surface area contributed by atoms with Gasteiger partial charge in [-0.1, -0.05) is 22.0 Å². The van der Waals surface area contributed by atoms with Crippen LogP contribution in [0.2, 0.25) is 0 Å². The zero-order chi connectivity index (χ0) is 15.7. The Labute approximate surface area is 134 Å². The molecule has 0 aliphatic heterocycles. The number of pyridine rings is 1. The molecule has 0 fully saturated rings. The molecule has 2 aromatic heterocycles. The van der Waals surface area contributed by atoms with Gasteiger partial charge in [0.05, 0.1) is 12.1 Å². The van der Waals surface area contributed by atoms with Crippen LogP contribution in [-0.2, 0) is 11.3 Å². The zero-order valence-electron chi connectivity index (χ0n) is 11.8. The van der Waals surface area contributed by atoms with Crippen molar-refractivity contribution in [1.29, 1.82) is 0 Å².